The molecule has 0 unspecified atom stereocenters. The van der Waals surface area contributed by atoms with Crippen molar-refractivity contribution in [2.75, 3.05) is 19.7 Å². The summed E-state index contributed by atoms with van der Waals surface area (Å²) in [5, 5.41) is 12.2. The van der Waals surface area contributed by atoms with E-state index in [9.17, 15) is 0 Å². The molecule has 0 radical (unpaired) electrons. The van der Waals surface area contributed by atoms with Crippen molar-refractivity contribution in [1.82, 2.24) is 5.32 Å². The van der Waals surface area contributed by atoms with Crippen LogP contribution in [0.5, 0.6) is 0 Å². The molecule has 182 valence electrons. The summed E-state index contributed by atoms with van der Waals surface area (Å²) in [6, 6.07) is 0. The number of rotatable bonds is 27. The Labute approximate surface area is 191 Å². The van der Waals surface area contributed by atoms with E-state index in [4.69, 9.17) is 5.11 Å². The van der Waals surface area contributed by atoms with Gasteiger partial charge in [-0.15, -0.1) is 0 Å². The smallest absolute Gasteiger partial charge is 0.0431 e. The van der Waals surface area contributed by atoms with Crippen molar-refractivity contribution in [2.45, 2.75) is 161 Å². The first-order valence-electron chi connectivity index (χ1n) is 14.2. The van der Waals surface area contributed by atoms with Gasteiger partial charge >= 0.3 is 0 Å². The van der Waals surface area contributed by atoms with E-state index in [2.05, 4.69) is 12.2 Å². The Hall–Kier alpha value is -0.0800. The summed E-state index contributed by atoms with van der Waals surface area (Å²) in [5.41, 5.74) is 0. The molecule has 0 spiro atoms. The van der Waals surface area contributed by atoms with Gasteiger partial charge in [-0.05, 0) is 32.4 Å². The second kappa shape index (κ2) is 28.9. The number of aliphatic hydroxyl groups is 1. The maximum atomic E-state index is 8.75. The molecule has 0 rings (SSSR count). The Morgan fingerprint density at radius 2 is 0.633 bits per heavy atom. The van der Waals surface area contributed by atoms with Crippen LogP contribution in [0.3, 0.4) is 0 Å². The molecule has 0 saturated heterocycles. The van der Waals surface area contributed by atoms with E-state index in [1.807, 2.05) is 0 Å². The highest BCUT2D eigenvalue weighted by Crippen LogP contribution is 2.15. The Bertz CT molecular complexity index is 254. The second-order valence-electron chi connectivity index (χ2n) is 9.61. The first-order chi connectivity index (χ1) is 14.9. The molecule has 0 aliphatic carbocycles. The highest BCUT2D eigenvalue weighted by Gasteiger charge is 1.96. The fourth-order valence-corrected chi connectivity index (χ4v) is 4.38. The molecule has 0 aliphatic heterocycles. The first kappa shape index (κ1) is 29.9. The van der Waals surface area contributed by atoms with E-state index in [-0.39, 0.29) is 0 Å². The maximum absolute atomic E-state index is 8.75. The van der Waals surface area contributed by atoms with E-state index >= 15 is 0 Å². The van der Waals surface area contributed by atoms with Gasteiger partial charge in [0.05, 0.1) is 0 Å². The third-order valence-electron chi connectivity index (χ3n) is 6.44. The van der Waals surface area contributed by atoms with Crippen LogP contribution in [-0.4, -0.2) is 24.8 Å². The van der Waals surface area contributed by atoms with Crippen molar-refractivity contribution in [2.24, 2.45) is 0 Å². The van der Waals surface area contributed by atoms with E-state index in [1.165, 1.54) is 161 Å². The third-order valence-corrected chi connectivity index (χ3v) is 6.44. The molecule has 0 aromatic rings. The molecule has 0 fully saturated rings. The zero-order valence-electron chi connectivity index (χ0n) is 21.0. The van der Waals surface area contributed by atoms with E-state index in [0.29, 0.717) is 6.61 Å². The molecule has 2 heteroatoms. The molecule has 30 heavy (non-hydrogen) atoms. The van der Waals surface area contributed by atoms with Crippen LogP contribution in [0.1, 0.15) is 161 Å². The lowest BCUT2D eigenvalue weighted by Crippen LogP contribution is -2.15. The number of hydrogen-bond donors (Lipinski definition) is 2. The van der Waals surface area contributed by atoms with Gasteiger partial charge in [-0.25, -0.2) is 0 Å². The molecule has 0 heterocycles. The minimum atomic E-state index is 0.373. The quantitative estimate of drug-likeness (QED) is 0.129. The highest BCUT2D eigenvalue weighted by atomic mass is 16.2. The normalized spacial score (nSPS) is 11.4. The number of unbranched alkanes of at least 4 members (excludes halogenated alkanes) is 22. The van der Waals surface area contributed by atoms with Crippen molar-refractivity contribution in [1.29, 1.82) is 0 Å². The Kier molecular flexibility index (Phi) is 28.8. The van der Waals surface area contributed by atoms with Gasteiger partial charge in [0.15, 0.2) is 0 Å². The van der Waals surface area contributed by atoms with Gasteiger partial charge in [-0.2, -0.15) is 0 Å². The lowest BCUT2D eigenvalue weighted by Gasteiger charge is -2.05. The molecule has 0 atom stereocenters. The van der Waals surface area contributed by atoms with Crippen molar-refractivity contribution in [3.63, 3.8) is 0 Å². The molecular formula is C28H59NO. The summed E-state index contributed by atoms with van der Waals surface area (Å²) in [5.74, 6) is 0. The second-order valence-corrected chi connectivity index (χ2v) is 9.61. The summed E-state index contributed by atoms with van der Waals surface area (Å²) >= 11 is 0. The average Bonchev–Trinajstić information content (AvgIpc) is 2.76. The standard InChI is InChI=1S/C28H59NO/c1-2-26-29-27-24-22-20-18-16-14-12-10-8-6-4-3-5-7-9-11-13-15-17-19-21-23-25-28-30/h29-30H,2-28H2,1H3. The van der Waals surface area contributed by atoms with Crippen molar-refractivity contribution in [3.8, 4) is 0 Å². The zero-order chi connectivity index (χ0) is 21.8. The van der Waals surface area contributed by atoms with Gasteiger partial charge in [0.2, 0.25) is 0 Å². The Morgan fingerprint density at radius 1 is 0.367 bits per heavy atom. The average molecular weight is 426 g/mol. The van der Waals surface area contributed by atoms with E-state index in [0.717, 1.165) is 6.42 Å². The predicted molar refractivity (Wildman–Crippen MR) is 136 cm³/mol. The van der Waals surface area contributed by atoms with Crippen LogP contribution in [0.15, 0.2) is 0 Å². The van der Waals surface area contributed by atoms with E-state index < -0.39 is 0 Å². The number of hydrogen-bond acceptors (Lipinski definition) is 2. The molecule has 2 N–H and O–H groups in total. The molecule has 0 aromatic carbocycles. The SMILES string of the molecule is CCCNCCCCCCCCCCCCCCCCCCCCCCCCCO. The summed E-state index contributed by atoms with van der Waals surface area (Å²) in [4.78, 5) is 0. The highest BCUT2D eigenvalue weighted by molar-refractivity contribution is 4.52. The predicted octanol–water partition coefficient (Wildman–Crippen LogP) is 8.95. The molecule has 0 bridgehead atoms. The fourth-order valence-electron chi connectivity index (χ4n) is 4.38. The molecule has 0 saturated carbocycles. The third kappa shape index (κ3) is 27.9. The summed E-state index contributed by atoms with van der Waals surface area (Å²) in [6.07, 6.45) is 33.7. The van der Waals surface area contributed by atoms with Gasteiger partial charge < -0.3 is 10.4 Å². The molecule has 0 aromatic heterocycles. The molecule has 0 aliphatic rings. The van der Waals surface area contributed by atoms with Gasteiger partial charge in [-0.3, -0.25) is 0 Å². The maximum Gasteiger partial charge on any atom is 0.0431 e. The lowest BCUT2D eigenvalue weighted by molar-refractivity contribution is 0.282. The Balaban J connectivity index is 2.97. The van der Waals surface area contributed by atoms with Crippen LogP contribution >= 0.6 is 0 Å². The van der Waals surface area contributed by atoms with Crippen molar-refractivity contribution < 1.29 is 5.11 Å². The van der Waals surface area contributed by atoms with Crippen LogP contribution in [0.4, 0.5) is 0 Å². The minimum absolute atomic E-state index is 0.373. The number of aliphatic hydroxyl groups excluding tert-OH is 1. The van der Waals surface area contributed by atoms with Gasteiger partial charge in [0.25, 0.3) is 0 Å². The van der Waals surface area contributed by atoms with Crippen LogP contribution in [0.2, 0.25) is 0 Å². The van der Waals surface area contributed by atoms with E-state index in [1.54, 1.807) is 0 Å². The Morgan fingerprint density at radius 3 is 0.900 bits per heavy atom. The topological polar surface area (TPSA) is 32.3 Å². The van der Waals surface area contributed by atoms with Crippen LogP contribution in [0, 0.1) is 0 Å². The van der Waals surface area contributed by atoms with Crippen LogP contribution in [-0.2, 0) is 0 Å². The molecule has 2 nitrogen and oxygen atoms in total. The summed E-state index contributed by atoms with van der Waals surface area (Å²) < 4.78 is 0. The minimum Gasteiger partial charge on any atom is -0.396 e. The summed E-state index contributed by atoms with van der Waals surface area (Å²) in [7, 11) is 0. The van der Waals surface area contributed by atoms with Gasteiger partial charge in [0, 0.05) is 6.61 Å². The number of nitrogens with one attached hydrogen (secondary N) is 1. The molecule has 0 amide bonds. The monoisotopic (exact) mass is 425 g/mol. The lowest BCUT2D eigenvalue weighted by atomic mass is 10.0. The largest absolute Gasteiger partial charge is 0.396 e. The van der Waals surface area contributed by atoms with Gasteiger partial charge in [-0.1, -0.05) is 142 Å². The van der Waals surface area contributed by atoms with Crippen molar-refractivity contribution in [3.05, 3.63) is 0 Å². The molecular weight excluding hydrogens is 366 g/mol. The zero-order valence-corrected chi connectivity index (χ0v) is 21.0. The summed E-state index contributed by atoms with van der Waals surface area (Å²) in [6.45, 7) is 5.02. The van der Waals surface area contributed by atoms with Gasteiger partial charge in [0.1, 0.15) is 0 Å². The van der Waals surface area contributed by atoms with Crippen LogP contribution in [0.25, 0.3) is 0 Å². The first-order valence-corrected chi connectivity index (χ1v) is 14.2. The van der Waals surface area contributed by atoms with Crippen molar-refractivity contribution >= 4 is 0 Å². The van der Waals surface area contributed by atoms with Crippen LogP contribution < -0.4 is 5.32 Å². The fraction of sp³-hybridized carbons (Fsp3) is 1.00.